The molecular weight excluding hydrogens is 384 g/mol. The average molecular weight is 402 g/mol. The highest BCUT2D eigenvalue weighted by Gasteiger charge is 2.26. The molecular formula is C21H18N6OS. The molecule has 0 fully saturated rings. The van der Waals surface area contributed by atoms with Crippen LogP contribution in [0.15, 0.2) is 66.3 Å². The maximum absolute atomic E-state index is 11.8. The van der Waals surface area contributed by atoms with Gasteiger partial charge in [0, 0.05) is 36.3 Å². The quantitative estimate of drug-likeness (QED) is 0.554. The fourth-order valence-corrected chi connectivity index (χ4v) is 4.16. The van der Waals surface area contributed by atoms with E-state index in [4.69, 9.17) is 4.98 Å². The summed E-state index contributed by atoms with van der Waals surface area (Å²) in [5.74, 6) is 0.814. The van der Waals surface area contributed by atoms with Gasteiger partial charge in [0.1, 0.15) is 5.82 Å². The molecule has 1 amide bonds. The molecule has 8 heteroatoms. The number of hydrogen-bond donors (Lipinski definition) is 1. The summed E-state index contributed by atoms with van der Waals surface area (Å²) in [5.41, 5.74) is 5.77. The molecule has 7 nitrogen and oxygen atoms in total. The number of nitrogens with zero attached hydrogens (tertiary/aromatic N) is 5. The smallest absolute Gasteiger partial charge is 0.302 e. The van der Waals surface area contributed by atoms with E-state index in [9.17, 15) is 4.79 Å². The van der Waals surface area contributed by atoms with Gasteiger partial charge >= 0.3 is 5.24 Å². The number of rotatable bonds is 3. The molecule has 1 aliphatic rings. The summed E-state index contributed by atoms with van der Waals surface area (Å²) in [7, 11) is 1.68. The minimum Gasteiger partial charge on any atom is -0.338 e. The SMILES string of the molecule is CC1SC(=O)N(C)N=C1c1ccc2nc(-c3ccc(-n4ccnc4)cc3)[nH]c2c1. The summed E-state index contributed by atoms with van der Waals surface area (Å²) in [6, 6.07) is 14.2. The second kappa shape index (κ2) is 6.89. The number of carbonyl (C=O) groups is 1. The molecule has 4 aromatic rings. The van der Waals surface area contributed by atoms with E-state index in [1.165, 1.54) is 16.8 Å². The van der Waals surface area contributed by atoms with Gasteiger partial charge in [-0.3, -0.25) is 4.79 Å². The third kappa shape index (κ3) is 3.21. The van der Waals surface area contributed by atoms with E-state index in [1.54, 1.807) is 19.6 Å². The summed E-state index contributed by atoms with van der Waals surface area (Å²) in [6.07, 6.45) is 5.44. The number of imidazole rings is 2. The minimum absolute atomic E-state index is 0.00858. The lowest BCUT2D eigenvalue weighted by molar-refractivity contribution is 0.234. The van der Waals surface area contributed by atoms with Gasteiger partial charge in [-0.2, -0.15) is 5.10 Å². The number of hydrogen-bond acceptors (Lipinski definition) is 5. The van der Waals surface area contributed by atoms with Crippen molar-refractivity contribution in [2.45, 2.75) is 12.2 Å². The van der Waals surface area contributed by atoms with E-state index >= 15 is 0 Å². The molecule has 0 spiro atoms. The highest BCUT2D eigenvalue weighted by Crippen LogP contribution is 2.28. The molecule has 1 atom stereocenters. The maximum Gasteiger partial charge on any atom is 0.302 e. The Labute approximate surface area is 171 Å². The first-order chi connectivity index (χ1) is 14.1. The zero-order valence-corrected chi connectivity index (χ0v) is 16.7. The van der Waals surface area contributed by atoms with E-state index in [1.807, 2.05) is 60.2 Å². The monoisotopic (exact) mass is 402 g/mol. The lowest BCUT2D eigenvalue weighted by atomic mass is 10.1. The molecule has 5 rings (SSSR count). The number of H-pyrrole nitrogens is 1. The van der Waals surface area contributed by atoms with E-state index < -0.39 is 0 Å². The standard InChI is InChI=1S/C21H18N6OS/c1-13-19(25-26(2)21(28)29-13)15-5-8-17-18(11-15)24-20(23-17)14-3-6-16(7-4-14)27-10-9-22-12-27/h3-13H,1-2H3,(H,23,24). The van der Waals surface area contributed by atoms with Crippen LogP contribution in [0.4, 0.5) is 4.79 Å². The third-order valence-corrected chi connectivity index (χ3v) is 5.95. The van der Waals surface area contributed by atoms with Crippen LogP contribution in [0.1, 0.15) is 12.5 Å². The number of benzene rings is 2. The second-order valence-electron chi connectivity index (χ2n) is 6.87. The van der Waals surface area contributed by atoms with Gasteiger partial charge in [-0.25, -0.2) is 15.0 Å². The highest BCUT2D eigenvalue weighted by molar-refractivity contribution is 8.14. The van der Waals surface area contributed by atoms with Crippen LogP contribution >= 0.6 is 11.8 Å². The molecule has 0 bridgehead atoms. The van der Waals surface area contributed by atoms with Gasteiger partial charge in [0.2, 0.25) is 0 Å². The highest BCUT2D eigenvalue weighted by atomic mass is 32.2. The second-order valence-corrected chi connectivity index (χ2v) is 8.16. The zero-order chi connectivity index (χ0) is 20.0. The van der Waals surface area contributed by atoms with Crippen LogP contribution < -0.4 is 0 Å². The third-order valence-electron chi connectivity index (χ3n) is 4.91. The average Bonchev–Trinajstić information content (AvgIpc) is 3.40. The van der Waals surface area contributed by atoms with Crippen LogP contribution in [0.25, 0.3) is 28.1 Å². The van der Waals surface area contributed by atoms with Crippen molar-refractivity contribution in [1.29, 1.82) is 0 Å². The number of aromatic nitrogens is 4. The van der Waals surface area contributed by atoms with Gasteiger partial charge in [0.25, 0.3) is 0 Å². The minimum atomic E-state index is -0.0368. The Morgan fingerprint density at radius 2 is 1.90 bits per heavy atom. The maximum atomic E-state index is 11.8. The molecule has 0 radical (unpaired) electrons. The van der Waals surface area contributed by atoms with Gasteiger partial charge < -0.3 is 9.55 Å². The van der Waals surface area contributed by atoms with Crippen LogP contribution in [0.3, 0.4) is 0 Å². The summed E-state index contributed by atoms with van der Waals surface area (Å²) >= 11 is 1.28. The van der Waals surface area contributed by atoms with Crippen molar-refractivity contribution < 1.29 is 4.79 Å². The molecule has 2 aromatic heterocycles. The molecule has 0 aliphatic carbocycles. The largest absolute Gasteiger partial charge is 0.338 e. The van der Waals surface area contributed by atoms with Crippen LogP contribution in [-0.4, -0.2) is 47.8 Å². The van der Waals surface area contributed by atoms with Crippen molar-refractivity contribution in [3.8, 4) is 17.1 Å². The molecule has 2 aromatic carbocycles. The number of nitrogens with one attached hydrogen (secondary N) is 1. The van der Waals surface area contributed by atoms with Gasteiger partial charge in [0.05, 0.1) is 28.3 Å². The summed E-state index contributed by atoms with van der Waals surface area (Å²) < 4.78 is 1.96. The van der Waals surface area contributed by atoms with Crippen molar-refractivity contribution in [2.24, 2.45) is 5.10 Å². The predicted molar refractivity (Wildman–Crippen MR) is 115 cm³/mol. The first-order valence-corrected chi connectivity index (χ1v) is 10.1. The Kier molecular flexibility index (Phi) is 4.21. The van der Waals surface area contributed by atoms with Gasteiger partial charge in [-0.05, 0) is 43.3 Å². The first kappa shape index (κ1) is 17.7. The normalized spacial score (nSPS) is 17.0. The van der Waals surface area contributed by atoms with Crippen LogP contribution in [0.2, 0.25) is 0 Å². The van der Waals surface area contributed by atoms with Crippen LogP contribution in [0, 0.1) is 0 Å². The fraction of sp³-hybridized carbons (Fsp3) is 0.143. The van der Waals surface area contributed by atoms with Crippen LogP contribution in [0.5, 0.6) is 0 Å². The Bertz CT molecular complexity index is 1230. The molecule has 1 N–H and O–H groups in total. The lowest BCUT2D eigenvalue weighted by Gasteiger charge is -2.24. The molecule has 0 saturated carbocycles. The van der Waals surface area contributed by atoms with Crippen molar-refractivity contribution in [3.63, 3.8) is 0 Å². The van der Waals surface area contributed by atoms with Crippen molar-refractivity contribution in [1.82, 2.24) is 24.5 Å². The van der Waals surface area contributed by atoms with E-state index in [0.29, 0.717) is 0 Å². The Morgan fingerprint density at radius 1 is 1.10 bits per heavy atom. The Balaban J connectivity index is 1.48. The number of fused-ring (bicyclic) bond motifs is 1. The van der Waals surface area contributed by atoms with Crippen LogP contribution in [-0.2, 0) is 0 Å². The van der Waals surface area contributed by atoms with E-state index in [2.05, 4.69) is 15.1 Å². The number of thioether (sulfide) groups is 1. The number of hydrazone groups is 1. The number of carbonyl (C=O) groups excluding carboxylic acids is 1. The number of amides is 1. The summed E-state index contributed by atoms with van der Waals surface area (Å²) in [6.45, 7) is 2.00. The Hall–Kier alpha value is -3.39. The van der Waals surface area contributed by atoms with Gasteiger partial charge in [-0.15, -0.1) is 0 Å². The molecule has 1 aliphatic heterocycles. The molecule has 144 valence electrons. The van der Waals surface area contributed by atoms with Crippen molar-refractivity contribution in [2.75, 3.05) is 7.05 Å². The van der Waals surface area contributed by atoms with E-state index in [0.717, 1.165) is 39.4 Å². The lowest BCUT2D eigenvalue weighted by Crippen LogP contribution is -2.31. The topological polar surface area (TPSA) is 79.2 Å². The van der Waals surface area contributed by atoms with Gasteiger partial charge in [0.15, 0.2) is 0 Å². The number of aromatic amines is 1. The van der Waals surface area contributed by atoms with Crippen molar-refractivity contribution >= 4 is 33.7 Å². The molecule has 3 heterocycles. The molecule has 29 heavy (non-hydrogen) atoms. The fourth-order valence-electron chi connectivity index (χ4n) is 3.37. The zero-order valence-electron chi connectivity index (χ0n) is 15.9. The van der Waals surface area contributed by atoms with Crippen molar-refractivity contribution in [3.05, 3.63) is 66.7 Å². The predicted octanol–water partition coefficient (Wildman–Crippen LogP) is 4.31. The Morgan fingerprint density at radius 3 is 2.66 bits per heavy atom. The summed E-state index contributed by atoms with van der Waals surface area (Å²) in [4.78, 5) is 24.0. The van der Waals surface area contributed by atoms with E-state index in [-0.39, 0.29) is 10.5 Å². The summed E-state index contributed by atoms with van der Waals surface area (Å²) in [5, 5.41) is 5.82. The molecule has 1 unspecified atom stereocenters. The van der Waals surface area contributed by atoms with Gasteiger partial charge in [-0.1, -0.05) is 17.8 Å². The first-order valence-electron chi connectivity index (χ1n) is 9.20. The molecule has 0 saturated heterocycles.